The zero-order valence-electron chi connectivity index (χ0n) is 4.68. The monoisotopic (exact) mass is 142 g/mol. The number of isocyanates is 2. The van der Waals surface area contributed by atoms with Gasteiger partial charge in [0.15, 0.2) is 0 Å². The van der Waals surface area contributed by atoms with Crippen LogP contribution in [0.25, 0.3) is 0 Å². The molecule has 0 amide bonds. The van der Waals surface area contributed by atoms with E-state index in [2.05, 4.69) is 11.4 Å². The molecule has 0 aromatic carbocycles. The van der Waals surface area contributed by atoms with Crippen LogP contribution in [0.2, 0.25) is 0 Å². The standard InChI is InChI=1S/C2H4Si.2CHNO/c1-2-3-1;2*2-1-3/h1-2H,3H2;2*2H. The summed E-state index contributed by atoms with van der Waals surface area (Å²) in [7, 11) is 0.417. The lowest BCUT2D eigenvalue weighted by Crippen LogP contribution is -1.30. The number of hydrogen-bond donors (Lipinski definition) is 2. The lowest BCUT2D eigenvalue weighted by atomic mass is 11.3. The van der Waals surface area contributed by atoms with Crippen molar-refractivity contribution in [2.45, 2.75) is 0 Å². The molecule has 0 radical (unpaired) electrons. The van der Waals surface area contributed by atoms with E-state index in [0.29, 0.717) is 9.52 Å². The van der Waals surface area contributed by atoms with Crippen molar-refractivity contribution in [3.8, 4) is 0 Å². The molecule has 1 aliphatic rings. The SMILES string of the molecule is C1=C[SiH2]1.N=C=O.N=C=O. The molecule has 1 rings (SSSR count). The fourth-order valence-electron chi connectivity index (χ4n) is 0. The Labute approximate surface area is 54.4 Å². The minimum absolute atomic E-state index is 0.417. The average Bonchev–Trinajstić information content (AvgIpc) is 2.48. The quantitative estimate of drug-likeness (QED) is 0.270. The van der Waals surface area contributed by atoms with Gasteiger partial charge in [-0.1, -0.05) is 0 Å². The minimum atomic E-state index is 0.417. The van der Waals surface area contributed by atoms with Crippen LogP contribution in [-0.4, -0.2) is 21.7 Å². The summed E-state index contributed by atoms with van der Waals surface area (Å²) in [5.41, 5.74) is 4.53. The Morgan fingerprint density at radius 1 is 1.11 bits per heavy atom. The van der Waals surface area contributed by atoms with Crippen LogP contribution in [0.15, 0.2) is 11.4 Å². The van der Waals surface area contributed by atoms with Crippen LogP contribution in [0.5, 0.6) is 0 Å². The molecule has 0 aliphatic carbocycles. The second-order valence-corrected chi connectivity index (χ2v) is 2.33. The Bertz CT molecular complexity index is 127. The van der Waals surface area contributed by atoms with Crippen molar-refractivity contribution < 1.29 is 9.59 Å². The van der Waals surface area contributed by atoms with Gasteiger partial charge in [-0.25, -0.2) is 20.4 Å². The molecule has 9 heavy (non-hydrogen) atoms. The minimum Gasteiger partial charge on any atom is -0.222 e. The highest BCUT2D eigenvalue weighted by atomic mass is 28.2. The molecule has 0 aromatic rings. The molecule has 5 heteroatoms. The Morgan fingerprint density at radius 2 is 1.22 bits per heavy atom. The van der Waals surface area contributed by atoms with Crippen molar-refractivity contribution in [2.75, 3.05) is 0 Å². The number of nitrogens with one attached hydrogen (secondary N) is 2. The smallest absolute Gasteiger partial charge is 0.222 e. The zero-order chi connectivity index (χ0) is 7.54. The van der Waals surface area contributed by atoms with Crippen molar-refractivity contribution in [1.29, 1.82) is 10.8 Å². The van der Waals surface area contributed by atoms with Crippen molar-refractivity contribution in [3.63, 3.8) is 0 Å². The van der Waals surface area contributed by atoms with E-state index in [-0.39, 0.29) is 0 Å². The summed E-state index contributed by atoms with van der Waals surface area (Å²) >= 11 is 0. The first-order valence-electron chi connectivity index (χ1n) is 2.06. The lowest BCUT2D eigenvalue weighted by molar-refractivity contribution is 0.562. The fourth-order valence-corrected chi connectivity index (χ4v) is 0. The van der Waals surface area contributed by atoms with Crippen LogP contribution < -0.4 is 0 Å². The van der Waals surface area contributed by atoms with Gasteiger partial charge in [0.05, 0.1) is 9.52 Å². The first-order chi connectivity index (χ1) is 4.33. The third kappa shape index (κ3) is 1860. The van der Waals surface area contributed by atoms with Gasteiger partial charge in [-0.3, -0.25) is 0 Å². The van der Waals surface area contributed by atoms with Gasteiger partial charge in [0.1, 0.15) is 0 Å². The topological polar surface area (TPSA) is 81.8 Å². The molecule has 0 saturated carbocycles. The maximum absolute atomic E-state index is 8.35. The van der Waals surface area contributed by atoms with Crippen molar-refractivity contribution in [2.24, 2.45) is 0 Å². The summed E-state index contributed by atoms with van der Waals surface area (Å²) in [5.74, 6) is 0. The maximum Gasteiger partial charge on any atom is 0.231 e. The summed E-state index contributed by atoms with van der Waals surface area (Å²) < 4.78 is 0. The van der Waals surface area contributed by atoms with Gasteiger partial charge in [-0.05, 0) is 0 Å². The number of hydrogen-bond acceptors (Lipinski definition) is 4. The molecular formula is C4H6N2O2Si. The van der Waals surface area contributed by atoms with Crippen LogP contribution in [0.1, 0.15) is 0 Å². The van der Waals surface area contributed by atoms with E-state index in [0.717, 1.165) is 12.2 Å². The van der Waals surface area contributed by atoms with Gasteiger partial charge in [0.2, 0.25) is 12.2 Å². The molecular weight excluding hydrogens is 136 g/mol. The summed E-state index contributed by atoms with van der Waals surface area (Å²) in [6.07, 6.45) is 1.50. The molecule has 2 N–H and O–H groups in total. The largest absolute Gasteiger partial charge is 0.231 e. The Balaban J connectivity index is 0. The molecule has 0 unspecified atom stereocenters. The summed E-state index contributed by atoms with van der Waals surface area (Å²) in [4.78, 5) is 16.7. The first kappa shape index (κ1) is 10.7. The molecule has 1 heterocycles. The summed E-state index contributed by atoms with van der Waals surface area (Å²) in [6, 6.07) is 0. The molecule has 0 bridgehead atoms. The molecule has 0 spiro atoms. The third-order valence-electron chi connectivity index (χ3n) is 0.236. The number of carbonyl (C=O) groups excluding carboxylic acids is 2. The van der Waals surface area contributed by atoms with E-state index >= 15 is 0 Å². The second-order valence-electron chi connectivity index (χ2n) is 0.911. The fraction of sp³-hybridized carbons (Fsp3) is 0. The van der Waals surface area contributed by atoms with E-state index < -0.39 is 0 Å². The predicted octanol–water partition coefficient (Wildman–Crippen LogP) is -0.558. The summed E-state index contributed by atoms with van der Waals surface area (Å²) in [6.45, 7) is 0. The molecule has 48 valence electrons. The molecule has 0 fully saturated rings. The molecule has 0 aromatic heterocycles. The van der Waals surface area contributed by atoms with Gasteiger partial charge < -0.3 is 0 Å². The average molecular weight is 142 g/mol. The van der Waals surface area contributed by atoms with Gasteiger partial charge >= 0.3 is 0 Å². The Morgan fingerprint density at radius 3 is 1.22 bits per heavy atom. The van der Waals surface area contributed by atoms with E-state index in [1.165, 1.54) is 0 Å². The summed E-state index contributed by atoms with van der Waals surface area (Å²) in [5, 5.41) is 10.8. The van der Waals surface area contributed by atoms with Crippen molar-refractivity contribution in [1.82, 2.24) is 0 Å². The van der Waals surface area contributed by atoms with Gasteiger partial charge in [-0.15, -0.1) is 11.4 Å². The third-order valence-corrected chi connectivity index (χ3v) is 0.707. The highest BCUT2D eigenvalue weighted by Gasteiger charge is 1.77. The number of rotatable bonds is 0. The van der Waals surface area contributed by atoms with E-state index in [1.807, 2.05) is 0 Å². The maximum atomic E-state index is 8.35. The van der Waals surface area contributed by atoms with E-state index in [1.54, 1.807) is 0 Å². The van der Waals surface area contributed by atoms with Gasteiger partial charge in [-0.2, -0.15) is 0 Å². The van der Waals surface area contributed by atoms with Crippen LogP contribution in [0.4, 0.5) is 0 Å². The van der Waals surface area contributed by atoms with Crippen LogP contribution in [-0.2, 0) is 9.59 Å². The molecule has 0 saturated heterocycles. The Hall–Kier alpha value is -1.28. The molecule has 0 atom stereocenters. The zero-order valence-corrected chi connectivity index (χ0v) is 6.09. The van der Waals surface area contributed by atoms with Gasteiger partial charge in [0.25, 0.3) is 0 Å². The highest BCUT2D eigenvalue weighted by molar-refractivity contribution is 6.60. The van der Waals surface area contributed by atoms with Crippen LogP contribution in [0.3, 0.4) is 0 Å². The normalized spacial score (nSPS) is 8.00. The highest BCUT2D eigenvalue weighted by Crippen LogP contribution is 1.79. The molecule has 4 nitrogen and oxygen atoms in total. The second kappa shape index (κ2) is 15.9. The first-order valence-corrected chi connectivity index (χ1v) is 3.69. The predicted molar refractivity (Wildman–Crippen MR) is 34.5 cm³/mol. The van der Waals surface area contributed by atoms with E-state index in [4.69, 9.17) is 20.4 Å². The van der Waals surface area contributed by atoms with Crippen molar-refractivity contribution >= 4 is 21.7 Å². The van der Waals surface area contributed by atoms with Crippen LogP contribution in [0, 0.1) is 10.8 Å². The molecule has 1 aliphatic heterocycles. The van der Waals surface area contributed by atoms with Crippen LogP contribution >= 0.6 is 0 Å². The van der Waals surface area contributed by atoms with E-state index in [9.17, 15) is 0 Å². The van der Waals surface area contributed by atoms with Gasteiger partial charge in [0, 0.05) is 0 Å². The lowest BCUT2D eigenvalue weighted by Gasteiger charge is -1.10. The Kier molecular flexibility index (Phi) is 18.8. The van der Waals surface area contributed by atoms with Crippen molar-refractivity contribution in [3.05, 3.63) is 11.4 Å².